The zero-order chi connectivity index (χ0) is 14.0. The predicted octanol–water partition coefficient (Wildman–Crippen LogP) is 6.22. The van der Waals surface area contributed by atoms with E-state index in [0.29, 0.717) is 26.6 Å². The Morgan fingerprint density at radius 2 is 1.53 bits per heavy atom. The van der Waals surface area contributed by atoms with Gasteiger partial charge in [0.1, 0.15) is 0 Å². The second kappa shape index (κ2) is 6.23. The molecule has 2 aromatic carbocycles. The zero-order valence-corrected chi connectivity index (χ0v) is 13.1. The fourth-order valence-corrected chi connectivity index (χ4v) is 2.56. The van der Waals surface area contributed by atoms with Crippen LogP contribution in [0.5, 0.6) is 0 Å². The molecule has 0 heterocycles. The summed E-state index contributed by atoms with van der Waals surface area (Å²) in [5, 5.41) is 5.39. The number of nitrogens with one attached hydrogen (secondary N) is 1. The summed E-state index contributed by atoms with van der Waals surface area (Å²) in [7, 11) is 0. The van der Waals surface area contributed by atoms with E-state index in [4.69, 9.17) is 46.4 Å². The van der Waals surface area contributed by atoms with Gasteiger partial charge < -0.3 is 5.32 Å². The summed E-state index contributed by atoms with van der Waals surface area (Å²) in [6.45, 7) is 2.46. The van der Waals surface area contributed by atoms with Crippen LogP contribution < -0.4 is 5.32 Å². The first kappa shape index (κ1) is 14.8. The maximum atomic E-state index is 6.15. The standard InChI is InChI=1S/C14H11Cl4N/c1-8-2-3-11(16)13(6-8)19-7-9-10(15)4-5-12(17)14(9)18/h2-6,19H,7H2,1H3. The molecule has 2 aromatic rings. The van der Waals surface area contributed by atoms with Gasteiger partial charge in [-0.3, -0.25) is 0 Å². The summed E-state index contributed by atoms with van der Waals surface area (Å²) in [6, 6.07) is 9.17. The molecule has 1 N–H and O–H groups in total. The summed E-state index contributed by atoms with van der Waals surface area (Å²) < 4.78 is 0. The SMILES string of the molecule is Cc1ccc(Cl)c(NCc2c(Cl)ccc(Cl)c2Cl)c1. The maximum absolute atomic E-state index is 6.15. The van der Waals surface area contributed by atoms with Crippen LogP contribution in [0.25, 0.3) is 0 Å². The van der Waals surface area contributed by atoms with Gasteiger partial charge in [-0.2, -0.15) is 0 Å². The van der Waals surface area contributed by atoms with Crippen molar-refractivity contribution in [2.24, 2.45) is 0 Å². The lowest BCUT2D eigenvalue weighted by Gasteiger charge is -2.12. The van der Waals surface area contributed by atoms with Gasteiger partial charge in [0, 0.05) is 17.1 Å². The molecular weight excluding hydrogens is 324 g/mol. The highest BCUT2D eigenvalue weighted by atomic mass is 35.5. The summed E-state index contributed by atoms with van der Waals surface area (Å²) in [5.41, 5.74) is 2.72. The van der Waals surface area contributed by atoms with Crippen LogP contribution in [-0.2, 0) is 6.54 Å². The molecule has 0 aliphatic rings. The van der Waals surface area contributed by atoms with E-state index >= 15 is 0 Å². The number of hydrogen-bond acceptors (Lipinski definition) is 1. The lowest BCUT2D eigenvalue weighted by atomic mass is 10.2. The van der Waals surface area contributed by atoms with E-state index < -0.39 is 0 Å². The van der Waals surface area contributed by atoms with E-state index in [9.17, 15) is 0 Å². The van der Waals surface area contributed by atoms with Crippen molar-refractivity contribution < 1.29 is 0 Å². The Labute approximate surface area is 132 Å². The first-order valence-corrected chi connectivity index (χ1v) is 7.12. The Hall–Kier alpha value is -0.600. The number of hydrogen-bond donors (Lipinski definition) is 1. The molecule has 0 saturated carbocycles. The van der Waals surface area contributed by atoms with Crippen molar-refractivity contribution in [1.29, 1.82) is 0 Å². The summed E-state index contributed by atoms with van der Waals surface area (Å²) in [4.78, 5) is 0. The average molecular weight is 335 g/mol. The van der Waals surface area contributed by atoms with Crippen molar-refractivity contribution in [2.45, 2.75) is 13.5 Å². The highest BCUT2D eigenvalue weighted by Gasteiger charge is 2.10. The van der Waals surface area contributed by atoms with Crippen LogP contribution in [0.1, 0.15) is 11.1 Å². The van der Waals surface area contributed by atoms with Crippen molar-refractivity contribution in [2.75, 3.05) is 5.32 Å². The average Bonchev–Trinajstić information content (AvgIpc) is 2.38. The monoisotopic (exact) mass is 333 g/mol. The molecule has 0 bridgehead atoms. The Morgan fingerprint density at radius 1 is 0.895 bits per heavy atom. The van der Waals surface area contributed by atoms with Gasteiger partial charge in [0.25, 0.3) is 0 Å². The van der Waals surface area contributed by atoms with Gasteiger partial charge in [-0.1, -0.05) is 52.5 Å². The van der Waals surface area contributed by atoms with E-state index in [0.717, 1.165) is 16.8 Å². The second-order valence-corrected chi connectivity index (χ2v) is 5.76. The first-order valence-electron chi connectivity index (χ1n) is 5.61. The van der Waals surface area contributed by atoms with Crippen molar-refractivity contribution in [3.05, 3.63) is 61.5 Å². The largest absolute Gasteiger partial charge is 0.380 e. The minimum atomic E-state index is 0.460. The van der Waals surface area contributed by atoms with Crippen LogP contribution in [-0.4, -0.2) is 0 Å². The lowest BCUT2D eigenvalue weighted by molar-refractivity contribution is 1.15. The smallest absolute Gasteiger partial charge is 0.0657 e. The topological polar surface area (TPSA) is 12.0 Å². The summed E-state index contributed by atoms with van der Waals surface area (Å²) in [5.74, 6) is 0. The van der Waals surface area contributed by atoms with Gasteiger partial charge in [0.05, 0.1) is 20.8 Å². The Morgan fingerprint density at radius 3 is 2.26 bits per heavy atom. The minimum Gasteiger partial charge on any atom is -0.380 e. The zero-order valence-electron chi connectivity index (χ0n) is 10.1. The third-order valence-electron chi connectivity index (χ3n) is 2.72. The molecule has 0 saturated heterocycles. The molecule has 0 aromatic heterocycles. The van der Waals surface area contributed by atoms with Crippen LogP contribution in [0, 0.1) is 6.92 Å². The van der Waals surface area contributed by atoms with Gasteiger partial charge in [-0.15, -0.1) is 0 Å². The molecule has 0 amide bonds. The van der Waals surface area contributed by atoms with Crippen LogP contribution in [0.15, 0.2) is 30.3 Å². The van der Waals surface area contributed by atoms with Crippen LogP contribution in [0.4, 0.5) is 5.69 Å². The van der Waals surface area contributed by atoms with Gasteiger partial charge in [0.2, 0.25) is 0 Å². The van der Waals surface area contributed by atoms with E-state index in [-0.39, 0.29) is 0 Å². The molecule has 0 aliphatic carbocycles. The number of anilines is 1. The molecule has 100 valence electrons. The van der Waals surface area contributed by atoms with Gasteiger partial charge >= 0.3 is 0 Å². The van der Waals surface area contributed by atoms with Crippen LogP contribution in [0.3, 0.4) is 0 Å². The van der Waals surface area contributed by atoms with E-state index in [1.807, 2.05) is 25.1 Å². The Kier molecular flexibility index (Phi) is 4.86. The molecule has 2 rings (SSSR count). The molecular formula is C14H11Cl4N. The first-order chi connectivity index (χ1) is 8.99. The van der Waals surface area contributed by atoms with Crippen LogP contribution >= 0.6 is 46.4 Å². The predicted molar refractivity (Wildman–Crippen MR) is 85.0 cm³/mol. The second-order valence-electron chi connectivity index (χ2n) is 4.16. The number of halogens is 4. The minimum absolute atomic E-state index is 0.460. The molecule has 1 nitrogen and oxygen atoms in total. The van der Waals surface area contributed by atoms with Gasteiger partial charge in [-0.05, 0) is 36.8 Å². The van der Waals surface area contributed by atoms with Crippen LogP contribution in [0.2, 0.25) is 20.1 Å². The molecule has 0 fully saturated rings. The molecule has 19 heavy (non-hydrogen) atoms. The molecule has 0 unspecified atom stereocenters. The number of benzene rings is 2. The number of aryl methyl sites for hydroxylation is 1. The highest BCUT2D eigenvalue weighted by Crippen LogP contribution is 2.32. The van der Waals surface area contributed by atoms with E-state index in [1.165, 1.54) is 0 Å². The quantitative estimate of drug-likeness (QED) is 0.657. The summed E-state index contributed by atoms with van der Waals surface area (Å²) in [6.07, 6.45) is 0. The van der Waals surface area contributed by atoms with E-state index in [1.54, 1.807) is 12.1 Å². The Balaban J connectivity index is 2.24. The highest BCUT2D eigenvalue weighted by molar-refractivity contribution is 6.44. The van der Waals surface area contributed by atoms with Crippen molar-refractivity contribution in [3.8, 4) is 0 Å². The molecule has 5 heteroatoms. The number of rotatable bonds is 3. The van der Waals surface area contributed by atoms with E-state index in [2.05, 4.69) is 5.32 Å². The fourth-order valence-electron chi connectivity index (χ4n) is 1.69. The van der Waals surface area contributed by atoms with Crippen molar-refractivity contribution >= 4 is 52.1 Å². The normalized spacial score (nSPS) is 10.6. The van der Waals surface area contributed by atoms with Gasteiger partial charge in [-0.25, -0.2) is 0 Å². The lowest BCUT2D eigenvalue weighted by Crippen LogP contribution is -2.02. The molecule has 0 atom stereocenters. The molecule has 0 spiro atoms. The summed E-state index contributed by atoms with van der Waals surface area (Å²) >= 11 is 24.4. The van der Waals surface area contributed by atoms with Crippen molar-refractivity contribution in [1.82, 2.24) is 0 Å². The third-order valence-corrected chi connectivity index (χ3v) is 4.24. The van der Waals surface area contributed by atoms with Crippen molar-refractivity contribution in [3.63, 3.8) is 0 Å². The third kappa shape index (κ3) is 3.49. The fraction of sp³-hybridized carbons (Fsp3) is 0.143. The Bertz CT molecular complexity index is 611. The molecule has 0 radical (unpaired) electrons. The molecule has 0 aliphatic heterocycles. The maximum Gasteiger partial charge on any atom is 0.0657 e. The van der Waals surface area contributed by atoms with Gasteiger partial charge in [0.15, 0.2) is 0 Å².